The van der Waals surface area contributed by atoms with E-state index in [1.807, 2.05) is 0 Å². The van der Waals surface area contributed by atoms with Gasteiger partial charge < -0.3 is 5.73 Å². The highest BCUT2D eigenvalue weighted by Gasteiger charge is 2.28. The van der Waals surface area contributed by atoms with Crippen molar-refractivity contribution in [2.75, 3.05) is 6.54 Å². The summed E-state index contributed by atoms with van der Waals surface area (Å²) in [4.78, 5) is 6.09. The van der Waals surface area contributed by atoms with E-state index in [1.165, 1.54) is 25.1 Å². The molecule has 0 unspecified atom stereocenters. The smallest absolute Gasteiger partial charge is 0.141 e. The zero-order valence-electron chi connectivity index (χ0n) is 9.69. The molecule has 5 heteroatoms. The molecule has 0 bridgehead atoms. The van der Waals surface area contributed by atoms with Crippen LogP contribution in [0.4, 0.5) is 4.39 Å². The largest absolute Gasteiger partial charge is 0.388 e. The molecule has 1 aromatic heterocycles. The van der Waals surface area contributed by atoms with Crippen molar-refractivity contribution in [1.29, 1.82) is 5.41 Å². The van der Waals surface area contributed by atoms with E-state index in [1.54, 1.807) is 6.20 Å². The van der Waals surface area contributed by atoms with Crippen LogP contribution in [0.15, 0.2) is 18.5 Å². The number of nitrogens with one attached hydrogen (secondary N) is 1. The number of hydrogen-bond acceptors (Lipinski definition) is 3. The lowest BCUT2D eigenvalue weighted by Gasteiger charge is -2.21. The van der Waals surface area contributed by atoms with Gasteiger partial charge in [-0.2, -0.15) is 0 Å². The van der Waals surface area contributed by atoms with Crippen LogP contribution in [0.1, 0.15) is 24.8 Å². The van der Waals surface area contributed by atoms with E-state index in [9.17, 15) is 4.39 Å². The molecule has 1 heterocycles. The molecule has 2 rings (SSSR count). The van der Waals surface area contributed by atoms with Crippen molar-refractivity contribution >= 4 is 5.84 Å². The zero-order chi connectivity index (χ0) is 12.3. The molecule has 0 amide bonds. The Kier molecular flexibility index (Phi) is 3.68. The van der Waals surface area contributed by atoms with Gasteiger partial charge in [-0.15, -0.1) is 0 Å². The SMILES string of the molecule is N=C(N)CCN(Cc1cncc(F)c1)C1CC1. The standard InChI is InChI=1S/C12H17FN4/c13-10-5-9(6-16-7-10)8-17(11-1-2-11)4-3-12(14)15/h5-7,11H,1-4,8H2,(H3,14,15). The number of halogens is 1. The van der Waals surface area contributed by atoms with E-state index in [0.717, 1.165) is 12.1 Å². The van der Waals surface area contributed by atoms with Gasteiger partial charge in [-0.1, -0.05) is 0 Å². The van der Waals surface area contributed by atoms with Crippen LogP contribution in [-0.4, -0.2) is 28.3 Å². The molecule has 17 heavy (non-hydrogen) atoms. The Bertz CT molecular complexity index is 403. The minimum Gasteiger partial charge on any atom is -0.388 e. The van der Waals surface area contributed by atoms with Gasteiger partial charge in [0.2, 0.25) is 0 Å². The molecule has 0 spiro atoms. The Morgan fingerprint density at radius 1 is 1.53 bits per heavy atom. The highest BCUT2D eigenvalue weighted by Crippen LogP contribution is 2.28. The topological polar surface area (TPSA) is 66.0 Å². The average Bonchev–Trinajstić information content (AvgIpc) is 3.07. The van der Waals surface area contributed by atoms with Crippen molar-refractivity contribution in [3.63, 3.8) is 0 Å². The summed E-state index contributed by atoms with van der Waals surface area (Å²) in [6.07, 6.45) is 5.83. The Hall–Kier alpha value is -1.49. The van der Waals surface area contributed by atoms with E-state index in [2.05, 4.69) is 9.88 Å². The highest BCUT2D eigenvalue weighted by atomic mass is 19.1. The number of hydrogen-bond donors (Lipinski definition) is 2. The zero-order valence-corrected chi connectivity index (χ0v) is 9.69. The van der Waals surface area contributed by atoms with Gasteiger partial charge in [-0.05, 0) is 24.5 Å². The molecule has 3 N–H and O–H groups in total. The minimum atomic E-state index is -0.301. The first-order valence-corrected chi connectivity index (χ1v) is 5.81. The molecule has 4 nitrogen and oxygen atoms in total. The Balaban J connectivity index is 1.95. The molecule has 1 fully saturated rings. The monoisotopic (exact) mass is 236 g/mol. The first kappa shape index (κ1) is 12.0. The Morgan fingerprint density at radius 2 is 2.29 bits per heavy atom. The molecular formula is C12H17FN4. The first-order valence-electron chi connectivity index (χ1n) is 5.81. The number of nitrogens with zero attached hydrogens (tertiary/aromatic N) is 2. The van der Waals surface area contributed by atoms with Gasteiger partial charge in [0.25, 0.3) is 0 Å². The lowest BCUT2D eigenvalue weighted by atomic mass is 10.2. The molecule has 0 aromatic carbocycles. The molecule has 0 aliphatic heterocycles. The summed E-state index contributed by atoms with van der Waals surface area (Å²) in [5.41, 5.74) is 6.24. The van der Waals surface area contributed by atoms with E-state index in [4.69, 9.17) is 11.1 Å². The van der Waals surface area contributed by atoms with Crippen molar-refractivity contribution in [1.82, 2.24) is 9.88 Å². The lowest BCUT2D eigenvalue weighted by Crippen LogP contribution is -2.29. The van der Waals surface area contributed by atoms with Crippen LogP contribution in [0.5, 0.6) is 0 Å². The van der Waals surface area contributed by atoms with Crippen molar-refractivity contribution in [2.45, 2.75) is 31.8 Å². The van der Waals surface area contributed by atoms with Crippen LogP contribution >= 0.6 is 0 Å². The Morgan fingerprint density at radius 3 is 2.88 bits per heavy atom. The van der Waals surface area contributed by atoms with Crippen molar-refractivity contribution in [3.8, 4) is 0 Å². The fourth-order valence-corrected chi connectivity index (χ4v) is 1.87. The van der Waals surface area contributed by atoms with Gasteiger partial charge in [0.05, 0.1) is 12.0 Å². The first-order chi connectivity index (χ1) is 8.15. The second-order valence-electron chi connectivity index (χ2n) is 4.49. The molecule has 1 aromatic rings. The molecule has 0 atom stereocenters. The summed E-state index contributed by atoms with van der Waals surface area (Å²) in [6, 6.07) is 2.08. The summed E-state index contributed by atoms with van der Waals surface area (Å²) in [5.74, 6) is -0.0992. The summed E-state index contributed by atoms with van der Waals surface area (Å²) >= 11 is 0. The third kappa shape index (κ3) is 3.78. The third-order valence-electron chi connectivity index (χ3n) is 2.88. The van der Waals surface area contributed by atoms with Crippen LogP contribution in [0, 0.1) is 11.2 Å². The van der Waals surface area contributed by atoms with Crippen molar-refractivity contribution in [2.24, 2.45) is 5.73 Å². The van der Waals surface area contributed by atoms with E-state index in [0.29, 0.717) is 19.0 Å². The maximum atomic E-state index is 13.0. The average molecular weight is 236 g/mol. The van der Waals surface area contributed by atoms with Crippen LogP contribution in [0.2, 0.25) is 0 Å². The van der Waals surface area contributed by atoms with Crippen LogP contribution in [0.25, 0.3) is 0 Å². The molecule has 1 aliphatic rings. The number of rotatable bonds is 6. The van der Waals surface area contributed by atoms with Crippen molar-refractivity contribution in [3.05, 3.63) is 29.8 Å². The number of pyridine rings is 1. The second-order valence-corrected chi connectivity index (χ2v) is 4.49. The number of amidine groups is 1. The maximum absolute atomic E-state index is 13.0. The Labute approximate surface area is 100 Å². The summed E-state index contributed by atoms with van der Waals surface area (Å²) in [6.45, 7) is 1.44. The van der Waals surface area contributed by atoms with Gasteiger partial charge in [0, 0.05) is 31.7 Å². The summed E-state index contributed by atoms with van der Waals surface area (Å²) in [7, 11) is 0. The normalized spacial score (nSPS) is 15.2. The second kappa shape index (κ2) is 5.23. The van der Waals surface area contributed by atoms with Crippen LogP contribution < -0.4 is 5.73 Å². The molecule has 92 valence electrons. The molecular weight excluding hydrogens is 219 g/mol. The van der Waals surface area contributed by atoms with Gasteiger partial charge in [-0.25, -0.2) is 4.39 Å². The van der Waals surface area contributed by atoms with E-state index in [-0.39, 0.29) is 11.7 Å². The van der Waals surface area contributed by atoms with E-state index >= 15 is 0 Å². The number of nitrogens with two attached hydrogens (primary N) is 1. The third-order valence-corrected chi connectivity index (χ3v) is 2.88. The van der Waals surface area contributed by atoms with Gasteiger partial charge in [0.1, 0.15) is 5.82 Å². The van der Waals surface area contributed by atoms with Crippen LogP contribution in [-0.2, 0) is 6.54 Å². The number of aromatic nitrogens is 1. The molecule has 0 saturated heterocycles. The quantitative estimate of drug-likeness (QED) is 0.581. The summed E-state index contributed by atoms with van der Waals surface area (Å²) < 4.78 is 13.0. The summed E-state index contributed by atoms with van der Waals surface area (Å²) in [5, 5.41) is 7.24. The highest BCUT2D eigenvalue weighted by molar-refractivity contribution is 5.76. The molecule has 0 radical (unpaired) electrons. The lowest BCUT2D eigenvalue weighted by molar-refractivity contribution is 0.261. The van der Waals surface area contributed by atoms with E-state index < -0.39 is 0 Å². The van der Waals surface area contributed by atoms with Gasteiger partial charge in [0.15, 0.2) is 0 Å². The minimum absolute atomic E-state index is 0.202. The van der Waals surface area contributed by atoms with Crippen LogP contribution in [0.3, 0.4) is 0 Å². The molecule has 1 saturated carbocycles. The molecule has 1 aliphatic carbocycles. The van der Waals surface area contributed by atoms with Gasteiger partial charge >= 0.3 is 0 Å². The fraction of sp³-hybridized carbons (Fsp3) is 0.500. The van der Waals surface area contributed by atoms with Crippen molar-refractivity contribution < 1.29 is 4.39 Å². The maximum Gasteiger partial charge on any atom is 0.141 e. The predicted molar refractivity (Wildman–Crippen MR) is 64.2 cm³/mol. The fourth-order valence-electron chi connectivity index (χ4n) is 1.87. The predicted octanol–water partition coefficient (Wildman–Crippen LogP) is 1.51. The van der Waals surface area contributed by atoms with Gasteiger partial charge in [-0.3, -0.25) is 15.3 Å².